The Morgan fingerprint density at radius 3 is 2.19 bits per heavy atom. The molecule has 37 heavy (non-hydrogen) atoms. The van der Waals surface area contributed by atoms with Crippen molar-refractivity contribution < 1.29 is 9.53 Å². The highest BCUT2D eigenvalue weighted by Gasteiger charge is 2.24. The number of hydrogen-bond donors (Lipinski definition) is 2. The number of anilines is 2. The van der Waals surface area contributed by atoms with Gasteiger partial charge in [0.1, 0.15) is 11.6 Å². The average molecular weight is 499 g/mol. The first-order chi connectivity index (χ1) is 17.9. The van der Waals surface area contributed by atoms with Crippen LogP contribution in [0.25, 0.3) is 0 Å². The number of nitrogen functional groups attached to an aromatic ring is 1. The molecule has 0 aliphatic carbocycles. The molecular weight excluding hydrogens is 468 g/mol. The van der Waals surface area contributed by atoms with Crippen LogP contribution in [0.5, 0.6) is 5.75 Å². The third-order valence-corrected chi connectivity index (χ3v) is 5.98. The number of carbonyl (C=O) groups excluding carboxylic acids is 1. The van der Waals surface area contributed by atoms with E-state index < -0.39 is 11.2 Å². The maximum atomic E-state index is 13.4. The SMILES string of the molecule is Cc1ccc(OCCCC(=O)N(Cc2ccccc2)c2c(N)n(Cc3ccccc3)c(=O)[nH]c2=O)cc1. The number of nitrogens with two attached hydrogens (primary N) is 1. The zero-order chi connectivity index (χ0) is 26.2. The van der Waals surface area contributed by atoms with Gasteiger partial charge in [0.15, 0.2) is 5.69 Å². The number of ether oxygens (including phenoxy) is 1. The first-order valence-corrected chi connectivity index (χ1v) is 12.1. The van der Waals surface area contributed by atoms with E-state index in [1.54, 1.807) is 0 Å². The van der Waals surface area contributed by atoms with Crippen molar-refractivity contribution in [2.75, 3.05) is 17.2 Å². The minimum atomic E-state index is -0.702. The molecule has 1 heterocycles. The fourth-order valence-electron chi connectivity index (χ4n) is 4.00. The molecular formula is C29H30N4O4. The van der Waals surface area contributed by atoms with Crippen molar-refractivity contribution in [1.29, 1.82) is 0 Å². The van der Waals surface area contributed by atoms with E-state index in [0.29, 0.717) is 13.0 Å². The molecule has 0 fully saturated rings. The topological polar surface area (TPSA) is 110 Å². The van der Waals surface area contributed by atoms with Crippen LogP contribution in [0.1, 0.15) is 29.5 Å². The monoisotopic (exact) mass is 498 g/mol. The van der Waals surface area contributed by atoms with Gasteiger partial charge in [-0.1, -0.05) is 78.4 Å². The molecule has 1 amide bonds. The number of hydrogen-bond acceptors (Lipinski definition) is 5. The molecule has 0 aliphatic heterocycles. The molecule has 4 aromatic rings. The minimum Gasteiger partial charge on any atom is -0.494 e. The number of nitrogens with zero attached hydrogens (tertiary/aromatic N) is 2. The van der Waals surface area contributed by atoms with Gasteiger partial charge in [0, 0.05) is 6.42 Å². The van der Waals surface area contributed by atoms with Crippen LogP contribution < -0.4 is 26.6 Å². The molecule has 0 saturated heterocycles. The number of benzene rings is 3. The summed E-state index contributed by atoms with van der Waals surface area (Å²) in [6, 6.07) is 26.3. The van der Waals surface area contributed by atoms with Crippen LogP contribution in [-0.2, 0) is 17.9 Å². The first-order valence-electron chi connectivity index (χ1n) is 12.1. The van der Waals surface area contributed by atoms with Gasteiger partial charge in [0.25, 0.3) is 5.56 Å². The van der Waals surface area contributed by atoms with Gasteiger partial charge < -0.3 is 15.4 Å². The third-order valence-electron chi connectivity index (χ3n) is 5.98. The number of aromatic nitrogens is 2. The van der Waals surface area contributed by atoms with Crippen molar-refractivity contribution in [1.82, 2.24) is 9.55 Å². The summed E-state index contributed by atoms with van der Waals surface area (Å²) in [4.78, 5) is 42.8. The maximum Gasteiger partial charge on any atom is 0.330 e. The Bertz CT molecular complexity index is 1450. The number of aromatic amines is 1. The molecule has 190 valence electrons. The van der Waals surface area contributed by atoms with Crippen LogP contribution in [0.2, 0.25) is 0 Å². The Hall–Kier alpha value is -4.59. The van der Waals surface area contributed by atoms with Crippen molar-refractivity contribution in [3.8, 4) is 5.75 Å². The van der Waals surface area contributed by atoms with E-state index in [0.717, 1.165) is 22.4 Å². The second kappa shape index (κ2) is 11.9. The Kier molecular flexibility index (Phi) is 8.20. The van der Waals surface area contributed by atoms with Crippen molar-refractivity contribution in [2.24, 2.45) is 0 Å². The fourth-order valence-corrected chi connectivity index (χ4v) is 4.00. The van der Waals surface area contributed by atoms with Gasteiger partial charge in [-0.15, -0.1) is 0 Å². The Morgan fingerprint density at radius 1 is 0.919 bits per heavy atom. The summed E-state index contributed by atoms with van der Waals surface area (Å²) >= 11 is 0. The number of amides is 1. The number of H-pyrrole nitrogens is 1. The predicted molar refractivity (Wildman–Crippen MR) is 145 cm³/mol. The van der Waals surface area contributed by atoms with E-state index in [4.69, 9.17) is 10.5 Å². The molecule has 0 aliphatic rings. The van der Waals surface area contributed by atoms with Gasteiger partial charge in [-0.3, -0.25) is 19.1 Å². The standard InChI is InChI=1S/C29H30N4O4/c1-21-14-16-24(17-15-21)37-18-8-13-25(34)32(19-22-9-4-2-5-10-22)26-27(30)33(29(36)31-28(26)35)20-23-11-6-3-7-12-23/h2-7,9-12,14-17H,8,13,18-20,30H2,1H3,(H,31,35,36). The van der Waals surface area contributed by atoms with Crippen molar-refractivity contribution in [3.05, 3.63) is 122 Å². The van der Waals surface area contributed by atoms with Crippen molar-refractivity contribution >= 4 is 17.4 Å². The Balaban J connectivity index is 1.59. The molecule has 8 heteroatoms. The van der Waals surface area contributed by atoms with Gasteiger partial charge in [-0.25, -0.2) is 4.79 Å². The highest BCUT2D eigenvalue weighted by Crippen LogP contribution is 2.22. The summed E-state index contributed by atoms with van der Waals surface area (Å²) in [5.41, 5.74) is 7.82. The number of nitrogens with one attached hydrogen (secondary N) is 1. The van der Waals surface area contributed by atoms with Crippen molar-refractivity contribution in [2.45, 2.75) is 32.9 Å². The zero-order valence-electron chi connectivity index (χ0n) is 20.7. The molecule has 0 spiro atoms. The van der Waals surface area contributed by atoms with Gasteiger partial charge in [0.05, 0.1) is 19.7 Å². The minimum absolute atomic E-state index is 0.0381. The molecule has 0 radical (unpaired) electrons. The molecule has 1 aromatic heterocycles. The van der Waals surface area contributed by atoms with E-state index in [1.807, 2.05) is 91.9 Å². The molecule has 0 bridgehead atoms. The quantitative estimate of drug-likeness (QED) is 0.323. The number of carbonyl (C=O) groups is 1. The maximum absolute atomic E-state index is 13.4. The van der Waals surface area contributed by atoms with Crippen LogP contribution in [-0.4, -0.2) is 22.1 Å². The fraction of sp³-hybridized carbons (Fsp3) is 0.207. The summed E-state index contributed by atoms with van der Waals surface area (Å²) in [5.74, 6) is 0.379. The predicted octanol–water partition coefficient (Wildman–Crippen LogP) is 3.87. The van der Waals surface area contributed by atoms with Gasteiger partial charge in [0.2, 0.25) is 5.91 Å². The summed E-state index contributed by atoms with van der Waals surface area (Å²) in [6.07, 6.45) is 0.578. The highest BCUT2D eigenvalue weighted by molar-refractivity contribution is 5.95. The summed E-state index contributed by atoms with van der Waals surface area (Å²) < 4.78 is 7.03. The van der Waals surface area contributed by atoms with E-state index in [-0.39, 0.29) is 36.9 Å². The Labute approximate surface area is 215 Å². The van der Waals surface area contributed by atoms with Crippen LogP contribution in [0.3, 0.4) is 0 Å². The van der Waals surface area contributed by atoms with Gasteiger partial charge in [-0.2, -0.15) is 0 Å². The lowest BCUT2D eigenvalue weighted by Gasteiger charge is -2.25. The van der Waals surface area contributed by atoms with Crippen LogP contribution in [0, 0.1) is 6.92 Å². The molecule has 0 unspecified atom stereocenters. The second-order valence-corrected chi connectivity index (χ2v) is 8.80. The van der Waals surface area contributed by atoms with E-state index in [2.05, 4.69) is 4.98 Å². The van der Waals surface area contributed by atoms with E-state index in [1.165, 1.54) is 9.47 Å². The molecule has 0 saturated carbocycles. The molecule has 8 nitrogen and oxygen atoms in total. The largest absolute Gasteiger partial charge is 0.494 e. The first kappa shape index (κ1) is 25.5. The lowest BCUT2D eigenvalue weighted by Crippen LogP contribution is -2.41. The normalized spacial score (nSPS) is 10.7. The molecule has 3 N–H and O–H groups in total. The van der Waals surface area contributed by atoms with Gasteiger partial charge in [-0.05, 0) is 36.6 Å². The summed E-state index contributed by atoms with van der Waals surface area (Å²) in [6.45, 7) is 2.63. The number of rotatable bonds is 10. The molecule has 3 aromatic carbocycles. The zero-order valence-corrected chi connectivity index (χ0v) is 20.7. The highest BCUT2D eigenvalue weighted by atomic mass is 16.5. The summed E-state index contributed by atoms with van der Waals surface area (Å²) in [7, 11) is 0. The van der Waals surface area contributed by atoms with Crippen LogP contribution >= 0.6 is 0 Å². The third kappa shape index (κ3) is 6.55. The van der Waals surface area contributed by atoms with E-state index >= 15 is 0 Å². The van der Waals surface area contributed by atoms with E-state index in [9.17, 15) is 14.4 Å². The van der Waals surface area contributed by atoms with Crippen LogP contribution in [0.15, 0.2) is 94.5 Å². The second-order valence-electron chi connectivity index (χ2n) is 8.80. The molecule has 0 atom stereocenters. The number of aryl methyl sites for hydroxylation is 1. The van der Waals surface area contributed by atoms with Gasteiger partial charge >= 0.3 is 5.69 Å². The lowest BCUT2D eigenvalue weighted by molar-refractivity contribution is -0.119. The lowest BCUT2D eigenvalue weighted by atomic mass is 10.1. The smallest absolute Gasteiger partial charge is 0.330 e. The van der Waals surface area contributed by atoms with Crippen molar-refractivity contribution in [3.63, 3.8) is 0 Å². The molecule has 4 rings (SSSR count). The summed E-state index contributed by atoms with van der Waals surface area (Å²) in [5, 5.41) is 0. The Morgan fingerprint density at radius 2 is 1.54 bits per heavy atom. The average Bonchev–Trinajstić information content (AvgIpc) is 2.90. The van der Waals surface area contributed by atoms with Crippen LogP contribution in [0.4, 0.5) is 11.5 Å².